The van der Waals surface area contributed by atoms with Crippen molar-refractivity contribution in [3.8, 4) is 0 Å². The first-order valence-electron chi connectivity index (χ1n) is 3.90. The molecule has 0 saturated carbocycles. The summed E-state index contributed by atoms with van der Waals surface area (Å²) in [5.41, 5.74) is 0.668. The van der Waals surface area contributed by atoms with Gasteiger partial charge in [0.2, 0.25) is 0 Å². The van der Waals surface area contributed by atoms with Gasteiger partial charge in [0.15, 0.2) is 0 Å². The molecule has 0 fully saturated rings. The third-order valence-corrected chi connectivity index (χ3v) is 2.12. The molecule has 68 valence electrons. The normalized spacial score (nSPS) is 14.4. The number of nitrogens with zero attached hydrogens (tertiary/aromatic N) is 2. The molecule has 0 unspecified atom stereocenters. The van der Waals surface area contributed by atoms with E-state index in [4.69, 9.17) is 0 Å². The Hall–Kier alpha value is -1.65. The molecular weight excluding hydrogens is 175 g/mol. The Morgan fingerprint density at radius 1 is 1.54 bits per heavy atom. The van der Waals surface area contributed by atoms with Gasteiger partial charge in [-0.25, -0.2) is 5.12 Å². The molecule has 0 amide bonds. The molecule has 0 saturated heterocycles. The zero-order valence-corrected chi connectivity index (χ0v) is 6.74. The maximum Gasteiger partial charge on any atom is 0.295 e. The highest BCUT2D eigenvalue weighted by Crippen LogP contribution is 2.36. The van der Waals surface area contributed by atoms with Gasteiger partial charge in [-0.2, -0.15) is 0 Å². The third-order valence-electron chi connectivity index (χ3n) is 2.12. The Morgan fingerprint density at radius 3 is 3.00 bits per heavy atom. The average Bonchev–Trinajstić information content (AvgIpc) is 2.48. The molecule has 1 aliphatic rings. The fourth-order valence-electron chi connectivity index (χ4n) is 1.54. The maximum absolute atomic E-state index is 13.1. The lowest BCUT2D eigenvalue weighted by Gasteiger charge is -2.05. The molecule has 0 N–H and O–H groups in total. The third kappa shape index (κ3) is 1.12. The SMILES string of the molecule is O=[N+]([O-])c1cccc2c1N(F)CC2. The number of nitro groups is 1. The number of nitro benzene ring substituents is 1. The van der Waals surface area contributed by atoms with Crippen LogP contribution in [0.5, 0.6) is 0 Å². The minimum absolute atomic E-state index is 0.118. The molecular formula is C8H7FN2O2. The van der Waals surface area contributed by atoms with Crippen molar-refractivity contribution in [2.24, 2.45) is 0 Å². The van der Waals surface area contributed by atoms with Crippen LogP contribution in [0.15, 0.2) is 18.2 Å². The number of fused-ring (bicyclic) bond motifs is 1. The second kappa shape index (κ2) is 2.69. The number of rotatable bonds is 1. The van der Waals surface area contributed by atoms with Gasteiger partial charge in [-0.1, -0.05) is 16.6 Å². The van der Waals surface area contributed by atoms with Gasteiger partial charge in [0.05, 0.1) is 11.5 Å². The zero-order chi connectivity index (χ0) is 9.42. The average molecular weight is 182 g/mol. The van der Waals surface area contributed by atoms with Crippen LogP contribution in [0.25, 0.3) is 0 Å². The first-order chi connectivity index (χ1) is 6.20. The number of benzene rings is 1. The molecule has 2 rings (SSSR count). The van der Waals surface area contributed by atoms with Gasteiger partial charge >= 0.3 is 0 Å². The molecule has 13 heavy (non-hydrogen) atoms. The first kappa shape index (κ1) is 7.97. The van der Waals surface area contributed by atoms with Crippen molar-refractivity contribution < 1.29 is 9.40 Å². The van der Waals surface area contributed by atoms with Crippen LogP contribution < -0.4 is 5.12 Å². The summed E-state index contributed by atoms with van der Waals surface area (Å²) >= 11 is 0. The number of anilines is 1. The van der Waals surface area contributed by atoms with Crippen molar-refractivity contribution in [2.75, 3.05) is 11.7 Å². The molecule has 1 aromatic rings. The molecule has 4 nitrogen and oxygen atoms in total. The summed E-state index contributed by atoms with van der Waals surface area (Å²) in [6, 6.07) is 4.61. The van der Waals surface area contributed by atoms with Crippen LogP contribution in [0.3, 0.4) is 0 Å². The maximum atomic E-state index is 13.1. The van der Waals surface area contributed by atoms with Gasteiger partial charge in [0, 0.05) is 6.07 Å². The quantitative estimate of drug-likeness (QED) is 0.378. The van der Waals surface area contributed by atoms with Crippen LogP contribution in [0.4, 0.5) is 15.9 Å². The lowest BCUT2D eigenvalue weighted by atomic mass is 10.1. The van der Waals surface area contributed by atoms with E-state index in [1.54, 1.807) is 12.1 Å². The van der Waals surface area contributed by atoms with E-state index < -0.39 is 4.92 Å². The van der Waals surface area contributed by atoms with Crippen molar-refractivity contribution >= 4 is 11.4 Å². The number of para-hydroxylation sites is 1. The highest BCUT2D eigenvalue weighted by molar-refractivity contribution is 5.69. The second-order valence-electron chi connectivity index (χ2n) is 2.88. The monoisotopic (exact) mass is 182 g/mol. The van der Waals surface area contributed by atoms with E-state index in [1.807, 2.05) is 0 Å². The van der Waals surface area contributed by atoms with Gasteiger partial charge in [-0.3, -0.25) is 10.1 Å². The van der Waals surface area contributed by atoms with Crippen molar-refractivity contribution in [2.45, 2.75) is 6.42 Å². The highest BCUT2D eigenvalue weighted by atomic mass is 19.2. The van der Waals surface area contributed by atoms with Gasteiger partial charge < -0.3 is 0 Å². The molecule has 0 radical (unpaired) electrons. The van der Waals surface area contributed by atoms with Crippen molar-refractivity contribution in [1.29, 1.82) is 0 Å². The number of halogens is 1. The van der Waals surface area contributed by atoms with Crippen molar-refractivity contribution in [1.82, 2.24) is 0 Å². The van der Waals surface area contributed by atoms with Crippen molar-refractivity contribution in [3.63, 3.8) is 0 Å². The minimum atomic E-state index is -0.559. The van der Waals surface area contributed by atoms with E-state index >= 15 is 0 Å². The number of hydrogen-bond acceptors (Lipinski definition) is 3. The molecule has 0 atom stereocenters. The van der Waals surface area contributed by atoms with Crippen LogP contribution in [-0.2, 0) is 6.42 Å². The molecule has 0 aliphatic carbocycles. The standard InChI is InChI=1S/C8H7FN2O2/c9-10-5-4-6-2-1-3-7(8(6)10)11(12)13/h1-3H,4-5H2. The fraction of sp³-hybridized carbons (Fsp3) is 0.250. The van der Waals surface area contributed by atoms with Gasteiger partial charge in [-0.05, 0) is 12.0 Å². The van der Waals surface area contributed by atoms with Gasteiger partial charge in [-0.15, -0.1) is 0 Å². The fourth-order valence-corrected chi connectivity index (χ4v) is 1.54. The van der Waals surface area contributed by atoms with E-state index in [-0.39, 0.29) is 17.9 Å². The Kier molecular flexibility index (Phi) is 1.65. The van der Waals surface area contributed by atoms with E-state index in [2.05, 4.69) is 0 Å². The first-order valence-corrected chi connectivity index (χ1v) is 3.90. The van der Waals surface area contributed by atoms with Crippen LogP contribution in [0, 0.1) is 10.1 Å². The Bertz CT molecular complexity index is 367. The summed E-state index contributed by atoms with van der Waals surface area (Å²) in [6.07, 6.45) is 0.535. The summed E-state index contributed by atoms with van der Waals surface area (Å²) in [5.74, 6) is 0. The zero-order valence-electron chi connectivity index (χ0n) is 6.74. The lowest BCUT2D eigenvalue weighted by molar-refractivity contribution is -0.384. The molecule has 1 heterocycles. The lowest BCUT2D eigenvalue weighted by Crippen LogP contribution is -2.08. The van der Waals surface area contributed by atoms with Crippen LogP contribution in [0.1, 0.15) is 5.56 Å². The Morgan fingerprint density at radius 2 is 2.31 bits per heavy atom. The summed E-state index contributed by atoms with van der Waals surface area (Å²) in [5, 5.41) is 11.0. The van der Waals surface area contributed by atoms with Gasteiger partial charge in [0.1, 0.15) is 5.69 Å². The van der Waals surface area contributed by atoms with Crippen molar-refractivity contribution in [3.05, 3.63) is 33.9 Å². The predicted octanol–water partition coefficient (Wildman–Crippen LogP) is 1.84. The smallest absolute Gasteiger partial charge is 0.258 e. The summed E-state index contributed by atoms with van der Waals surface area (Å²) in [7, 11) is 0. The topological polar surface area (TPSA) is 46.4 Å². The van der Waals surface area contributed by atoms with E-state index in [9.17, 15) is 14.6 Å². The molecule has 0 spiro atoms. The van der Waals surface area contributed by atoms with E-state index in [0.29, 0.717) is 17.1 Å². The molecule has 0 aromatic heterocycles. The second-order valence-corrected chi connectivity index (χ2v) is 2.88. The van der Waals surface area contributed by atoms with Crippen LogP contribution in [0.2, 0.25) is 0 Å². The largest absolute Gasteiger partial charge is 0.295 e. The summed E-state index contributed by atoms with van der Waals surface area (Å²) in [4.78, 5) is 9.96. The Balaban J connectivity index is 2.60. The molecule has 0 bridgehead atoms. The van der Waals surface area contributed by atoms with Gasteiger partial charge in [0.25, 0.3) is 5.69 Å². The van der Waals surface area contributed by atoms with Crippen LogP contribution in [-0.4, -0.2) is 11.5 Å². The summed E-state index contributed by atoms with van der Waals surface area (Å²) < 4.78 is 13.1. The number of hydrogen-bond donors (Lipinski definition) is 0. The van der Waals surface area contributed by atoms with E-state index in [1.165, 1.54) is 6.07 Å². The van der Waals surface area contributed by atoms with Crippen LogP contribution >= 0.6 is 0 Å². The highest BCUT2D eigenvalue weighted by Gasteiger charge is 2.27. The van der Waals surface area contributed by atoms with E-state index in [0.717, 1.165) is 0 Å². The molecule has 1 aliphatic heterocycles. The minimum Gasteiger partial charge on any atom is -0.258 e. The Labute approximate surface area is 73.7 Å². The molecule has 5 heteroatoms. The summed E-state index contributed by atoms with van der Waals surface area (Å²) in [6.45, 7) is 0.209. The predicted molar refractivity (Wildman–Crippen MR) is 45.3 cm³/mol. The molecule has 1 aromatic carbocycles.